The minimum absolute atomic E-state index is 0.0414. The highest BCUT2D eigenvalue weighted by Crippen LogP contribution is 2.30. The van der Waals surface area contributed by atoms with Gasteiger partial charge < -0.3 is 5.11 Å². The minimum atomic E-state index is -0.0414. The van der Waals surface area contributed by atoms with Crippen molar-refractivity contribution in [3.63, 3.8) is 0 Å². The molecule has 104 valence electrons. The smallest absolute Gasteiger partial charge is 0.0555 e. The average molecular weight is 252 g/mol. The lowest BCUT2D eigenvalue weighted by molar-refractivity contribution is -0.0314. The van der Waals surface area contributed by atoms with Gasteiger partial charge in [-0.1, -0.05) is 6.42 Å². The summed E-state index contributed by atoms with van der Waals surface area (Å²) in [6, 6.07) is 2.12. The summed E-state index contributed by atoms with van der Waals surface area (Å²) in [5.74, 6) is 0. The van der Waals surface area contributed by atoms with Crippen LogP contribution in [0.4, 0.5) is 0 Å². The second kappa shape index (κ2) is 5.48. The molecule has 1 aliphatic carbocycles. The summed E-state index contributed by atoms with van der Waals surface area (Å²) in [4.78, 5) is 5.43. The Hall–Kier alpha value is -0.120. The van der Waals surface area contributed by atoms with Gasteiger partial charge in [0.25, 0.3) is 0 Å². The molecule has 4 unspecified atom stereocenters. The lowest BCUT2D eigenvalue weighted by Crippen LogP contribution is -2.61. The highest BCUT2D eigenvalue weighted by atomic mass is 16.3. The first kappa shape index (κ1) is 12.9. The van der Waals surface area contributed by atoms with E-state index in [1.54, 1.807) is 0 Å². The Bertz CT molecular complexity index is 284. The van der Waals surface area contributed by atoms with Gasteiger partial charge in [-0.15, -0.1) is 0 Å². The fourth-order valence-corrected chi connectivity index (χ4v) is 4.32. The van der Waals surface area contributed by atoms with Crippen LogP contribution in [0.3, 0.4) is 0 Å². The van der Waals surface area contributed by atoms with Crippen LogP contribution in [-0.4, -0.2) is 58.8 Å². The Morgan fingerprint density at radius 1 is 0.944 bits per heavy atom. The summed E-state index contributed by atoms with van der Waals surface area (Å²) in [7, 11) is 0. The van der Waals surface area contributed by atoms with E-state index in [1.165, 1.54) is 51.7 Å². The van der Waals surface area contributed by atoms with Crippen molar-refractivity contribution in [2.24, 2.45) is 0 Å². The highest BCUT2D eigenvalue weighted by molar-refractivity contribution is 4.93. The number of nitrogens with zero attached hydrogens (tertiary/aromatic N) is 2. The van der Waals surface area contributed by atoms with Crippen LogP contribution >= 0.6 is 0 Å². The predicted octanol–water partition coefficient (Wildman–Crippen LogP) is 1.85. The number of fused-ring (bicyclic) bond motifs is 1. The number of hydrogen-bond acceptors (Lipinski definition) is 3. The molecule has 18 heavy (non-hydrogen) atoms. The van der Waals surface area contributed by atoms with E-state index in [0.29, 0.717) is 12.1 Å². The molecule has 0 aromatic heterocycles. The third kappa shape index (κ3) is 2.59. The normalized spacial score (nSPS) is 43.7. The van der Waals surface area contributed by atoms with Crippen molar-refractivity contribution < 1.29 is 5.11 Å². The molecule has 0 spiro atoms. The number of rotatable bonds is 1. The first-order chi connectivity index (χ1) is 8.74. The average Bonchev–Trinajstić information content (AvgIpc) is 2.38. The summed E-state index contributed by atoms with van der Waals surface area (Å²) in [6.45, 7) is 6.19. The van der Waals surface area contributed by atoms with E-state index in [1.807, 2.05) is 0 Å². The molecule has 3 heteroatoms. The Labute approximate surface area is 111 Å². The van der Waals surface area contributed by atoms with E-state index in [0.717, 1.165) is 18.9 Å². The molecule has 3 nitrogen and oxygen atoms in total. The molecule has 2 saturated heterocycles. The maximum absolute atomic E-state index is 9.89. The first-order valence-corrected chi connectivity index (χ1v) is 7.92. The predicted molar refractivity (Wildman–Crippen MR) is 73.6 cm³/mol. The van der Waals surface area contributed by atoms with Gasteiger partial charge in [-0.05, 0) is 52.0 Å². The van der Waals surface area contributed by atoms with Crippen molar-refractivity contribution >= 4 is 0 Å². The molecule has 0 aromatic rings. The molecule has 0 bridgehead atoms. The third-order valence-electron chi connectivity index (χ3n) is 5.32. The van der Waals surface area contributed by atoms with Crippen molar-refractivity contribution in [1.29, 1.82) is 0 Å². The van der Waals surface area contributed by atoms with Crippen molar-refractivity contribution in [3.8, 4) is 0 Å². The van der Waals surface area contributed by atoms with Crippen molar-refractivity contribution in [2.75, 3.05) is 19.6 Å². The fraction of sp³-hybridized carbons (Fsp3) is 1.00. The minimum Gasteiger partial charge on any atom is -0.393 e. The number of aliphatic hydroxyl groups is 1. The quantitative estimate of drug-likeness (QED) is 0.771. The Morgan fingerprint density at radius 2 is 1.78 bits per heavy atom. The molecule has 3 fully saturated rings. The largest absolute Gasteiger partial charge is 0.393 e. The maximum atomic E-state index is 9.89. The number of aliphatic hydroxyl groups excluding tert-OH is 1. The standard InChI is InChI=1S/C15H28N2O/c1-12-10-16-8-3-2-5-14(16)11-17(12)13-6-4-7-15(18)9-13/h12-15,18H,2-11H2,1H3. The molecule has 0 radical (unpaired) electrons. The lowest BCUT2D eigenvalue weighted by Gasteiger charge is -2.51. The zero-order valence-corrected chi connectivity index (χ0v) is 11.7. The van der Waals surface area contributed by atoms with Crippen LogP contribution in [0.25, 0.3) is 0 Å². The molecule has 3 aliphatic rings. The number of piperazine rings is 1. The van der Waals surface area contributed by atoms with Crippen molar-refractivity contribution in [1.82, 2.24) is 9.80 Å². The van der Waals surface area contributed by atoms with Crippen LogP contribution in [0, 0.1) is 0 Å². The monoisotopic (exact) mass is 252 g/mol. The highest BCUT2D eigenvalue weighted by Gasteiger charge is 2.37. The van der Waals surface area contributed by atoms with Gasteiger partial charge in [0.05, 0.1) is 6.10 Å². The second-order valence-electron chi connectivity index (χ2n) is 6.66. The van der Waals surface area contributed by atoms with Crippen LogP contribution in [0.2, 0.25) is 0 Å². The summed E-state index contributed by atoms with van der Waals surface area (Å²) >= 11 is 0. The van der Waals surface area contributed by atoms with Gasteiger partial charge in [0.15, 0.2) is 0 Å². The van der Waals surface area contributed by atoms with Crippen LogP contribution < -0.4 is 0 Å². The van der Waals surface area contributed by atoms with Crippen LogP contribution in [0.1, 0.15) is 51.9 Å². The van der Waals surface area contributed by atoms with E-state index in [9.17, 15) is 5.11 Å². The van der Waals surface area contributed by atoms with E-state index in [4.69, 9.17) is 0 Å². The third-order valence-corrected chi connectivity index (χ3v) is 5.32. The van der Waals surface area contributed by atoms with Gasteiger partial charge in [-0.3, -0.25) is 9.80 Å². The van der Waals surface area contributed by atoms with Gasteiger partial charge in [0.1, 0.15) is 0 Å². The van der Waals surface area contributed by atoms with Gasteiger partial charge in [0, 0.05) is 31.2 Å². The Morgan fingerprint density at radius 3 is 2.61 bits per heavy atom. The van der Waals surface area contributed by atoms with E-state index in [2.05, 4.69) is 16.7 Å². The van der Waals surface area contributed by atoms with Gasteiger partial charge >= 0.3 is 0 Å². The van der Waals surface area contributed by atoms with Gasteiger partial charge in [0.2, 0.25) is 0 Å². The van der Waals surface area contributed by atoms with E-state index < -0.39 is 0 Å². The van der Waals surface area contributed by atoms with Crippen molar-refractivity contribution in [3.05, 3.63) is 0 Å². The van der Waals surface area contributed by atoms with Crippen molar-refractivity contribution in [2.45, 2.75) is 76.1 Å². The van der Waals surface area contributed by atoms with Gasteiger partial charge in [-0.25, -0.2) is 0 Å². The SMILES string of the molecule is CC1CN2CCCCC2CN1C1CCCC(O)C1. The zero-order chi connectivity index (χ0) is 12.5. The first-order valence-electron chi connectivity index (χ1n) is 7.92. The summed E-state index contributed by atoms with van der Waals surface area (Å²) in [5, 5.41) is 9.89. The Balaban J connectivity index is 1.64. The molecule has 2 aliphatic heterocycles. The second-order valence-corrected chi connectivity index (χ2v) is 6.66. The topological polar surface area (TPSA) is 26.7 Å². The summed E-state index contributed by atoms with van der Waals surface area (Å²) < 4.78 is 0. The van der Waals surface area contributed by atoms with E-state index in [-0.39, 0.29) is 6.10 Å². The van der Waals surface area contributed by atoms with E-state index >= 15 is 0 Å². The van der Waals surface area contributed by atoms with Gasteiger partial charge in [-0.2, -0.15) is 0 Å². The Kier molecular flexibility index (Phi) is 3.92. The fourth-order valence-electron chi connectivity index (χ4n) is 4.32. The molecular formula is C15H28N2O. The number of hydrogen-bond donors (Lipinski definition) is 1. The number of piperidine rings is 1. The lowest BCUT2D eigenvalue weighted by atomic mass is 9.88. The molecule has 1 N–H and O–H groups in total. The zero-order valence-electron chi connectivity index (χ0n) is 11.7. The molecule has 0 amide bonds. The summed E-state index contributed by atoms with van der Waals surface area (Å²) in [6.07, 6.45) is 8.70. The molecular weight excluding hydrogens is 224 g/mol. The molecule has 0 aromatic carbocycles. The van der Waals surface area contributed by atoms with Crippen LogP contribution in [0.15, 0.2) is 0 Å². The molecule has 2 heterocycles. The molecule has 4 atom stereocenters. The molecule has 3 rings (SSSR count). The van der Waals surface area contributed by atoms with Crippen LogP contribution in [-0.2, 0) is 0 Å². The maximum Gasteiger partial charge on any atom is 0.0555 e. The van der Waals surface area contributed by atoms with Crippen LogP contribution in [0.5, 0.6) is 0 Å². The summed E-state index contributed by atoms with van der Waals surface area (Å²) in [5.41, 5.74) is 0. The molecule has 1 saturated carbocycles.